The fourth-order valence-corrected chi connectivity index (χ4v) is 5.03. The van der Waals surface area contributed by atoms with Gasteiger partial charge in [-0.15, -0.1) is 0 Å². The Balaban J connectivity index is 1.34. The second-order valence-corrected chi connectivity index (χ2v) is 9.85. The van der Waals surface area contributed by atoms with E-state index in [-0.39, 0.29) is 29.2 Å². The first-order valence-corrected chi connectivity index (χ1v) is 12.3. The van der Waals surface area contributed by atoms with Crippen molar-refractivity contribution in [1.29, 1.82) is 0 Å². The number of carbonyl (C=O) groups excluding carboxylic acids is 2. The van der Waals surface area contributed by atoms with Crippen molar-refractivity contribution in [2.45, 2.75) is 18.7 Å². The Morgan fingerprint density at radius 3 is 2.54 bits per heavy atom. The minimum Gasteiger partial charge on any atom is -0.452 e. The molecule has 0 spiro atoms. The molecule has 0 atom stereocenters. The van der Waals surface area contributed by atoms with Crippen molar-refractivity contribution in [2.24, 2.45) is 0 Å². The van der Waals surface area contributed by atoms with Gasteiger partial charge in [0.15, 0.2) is 12.4 Å². The third kappa shape index (κ3) is 5.73. The number of aromatic nitrogens is 3. The maximum atomic E-state index is 12.8. The summed E-state index contributed by atoms with van der Waals surface area (Å²) in [6.45, 7) is 4.44. The number of anilines is 1. The molecule has 12 heteroatoms. The zero-order valence-corrected chi connectivity index (χ0v) is 20.1. The van der Waals surface area contributed by atoms with Gasteiger partial charge in [0.2, 0.25) is 10.0 Å². The van der Waals surface area contributed by atoms with Crippen LogP contribution in [0, 0.1) is 13.8 Å². The Labute approximate surface area is 202 Å². The standard InChI is InChI=1S/C23H25N5O6S/c1-16-12-17(2)28(26-16)21-7-6-18(14-24-21)23(30)34-15-22(29)25-19-4-3-5-20(13-19)35(31,32)27-8-10-33-11-9-27/h3-7,12-14H,8-11,15H2,1-2H3,(H,25,29). The topological polar surface area (TPSA) is 133 Å². The summed E-state index contributed by atoms with van der Waals surface area (Å²) in [7, 11) is -3.70. The van der Waals surface area contributed by atoms with Gasteiger partial charge in [-0.05, 0) is 50.2 Å². The van der Waals surface area contributed by atoms with Gasteiger partial charge in [0.25, 0.3) is 5.91 Å². The van der Waals surface area contributed by atoms with Crippen LogP contribution in [-0.4, -0.2) is 72.3 Å². The Morgan fingerprint density at radius 2 is 1.89 bits per heavy atom. The largest absolute Gasteiger partial charge is 0.452 e. The van der Waals surface area contributed by atoms with E-state index in [1.807, 2.05) is 19.9 Å². The summed E-state index contributed by atoms with van der Waals surface area (Å²) in [5.41, 5.74) is 2.21. The maximum Gasteiger partial charge on any atom is 0.340 e. The minimum absolute atomic E-state index is 0.0583. The van der Waals surface area contributed by atoms with E-state index in [9.17, 15) is 18.0 Å². The van der Waals surface area contributed by atoms with Crippen LogP contribution in [0.3, 0.4) is 0 Å². The lowest BCUT2D eigenvalue weighted by Crippen LogP contribution is -2.40. The van der Waals surface area contributed by atoms with Crippen molar-refractivity contribution in [1.82, 2.24) is 19.1 Å². The van der Waals surface area contributed by atoms with E-state index < -0.39 is 28.5 Å². The highest BCUT2D eigenvalue weighted by Gasteiger charge is 2.26. The van der Waals surface area contributed by atoms with Crippen molar-refractivity contribution in [2.75, 3.05) is 38.2 Å². The Hall–Kier alpha value is -3.61. The fraction of sp³-hybridized carbons (Fsp3) is 0.304. The second kappa shape index (κ2) is 10.3. The predicted molar refractivity (Wildman–Crippen MR) is 126 cm³/mol. The summed E-state index contributed by atoms with van der Waals surface area (Å²) >= 11 is 0. The number of morpholine rings is 1. The number of carbonyl (C=O) groups is 2. The summed E-state index contributed by atoms with van der Waals surface area (Å²) in [5.74, 6) is -0.764. The average Bonchev–Trinajstić information content (AvgIpc) is 3.21. The van der Waals surface area contributed by atoms with Crippen molar-refractivity contribution in [3.8, 4) is 5.82 Å². The maximum absolute atomic E-state index is 12.8. The normalized spacial score (nSPS) is 14.5. The van der Waals surface area contributed by atoms with Crippen LogP contribution in [0.1, 0.15) is 21.7 Å². The summed E-state index contributed by atoms with van der Waals surface area (Å²) in [4.78, 5) is 28.9. The number of nitrogens with one attached hydrogen (secondary N) is 1. The van der Waals surface area contributed by atoms with Crippen LogP contribution >= 0.6 is 0 Å². The molecule has 11 nitrogen and oxygen atoms in total. The summed E-state index contributed by atoms with van der Waals surface area (Å²) in [6, 6.07) is 11.0. The molecule has 1 aromatic carbocycles. The molecule has 1 N–H and O–H groups in total. The first kappa shape index (κ1) is 24.5. The number of hydrogen-bond donors (Lipinski definition) is 1. The molecule has 0 radical (unpaired) electrons. The molecule has 1 fully saturated rings. The fourth-order valence-electron chi connectivity index (χ4n) is 3.57. The molecule has 0 saturated carbocycles. The molecule has 35 heavy (non-hydrogen) atoms. The van der Waals surface area contributed by atoms with Gasteiger partial charge in [0.1, 0.15) is 0 Å². The van der Waals surface area contributed by atoms with Crippen molar-refractivity contribution in [3.63, 3.8) is 0 Å². The molecule has 2 aromatic heterocycles. The molecular weight excluding hydrogens is 474 g/mol. The van der Waals surface area contributed by atoms with E-state index in [0.29, 0.717) is 19.0 Å². The number of amides is 1. The molecule has 1 aliphatic heterocycles. The third-order valence-electron chi connectivity index (χ3n) is 5.27. The van der Waals surface area contributed by atoms with Gasteiger partial charge in [-0.1, -0.05) is 6.07 Å². The monoisotopic (exact) mass is 499 g/mol. The summed E-state index contributed by atoms with van der Waals surface area (Å²) in [5, 5.41) is 6.89. The van der Waals surface area contributed by atoms with Crippen LogP contribution in [-0.2, 0) is 24.3 Å². The van der Waals surface area contributed by atoms with Crippen LogP contribution < -0.4 is 5.32 Å². The lowest BCUT2D eigenvalue weighted by atomic mass is 10.3. The van der Waals surface area contributed by atoms with E-state index in [4.69, 9.17) is 9.47 Å². The predicted octanol–water partition coefficient (Wildman–Crippen LogP) is 1.70. The zero-order chi connectivity index (χ0) is 25.0. The highest BCUT2D eigenvalue weighted by atomic mass is 32.2. The van der Waals surface area contributed by atoms with Gasteiger partial charge in [0.05, 0.1) is 29.4 Å². The molecule has 4 rings (SSSR count). The van der Waals surface area contributed by atoms with E-state index in [1.54, 1.807) is 22.9 Å². The van der Waals surface area contributed by atoms with Crippen molar-refractivity contribution in [3.05, 3.63) is 65.6 Å². The van der Waals surface area contributed by atoms with Crippen LogP contribution in [0.4, 0.5) is 5.69 Å². The Morgan fingerprint density at radius 1 is 1.11 bits per heavy atom. The molecule has 0 unspecified atom stereocenters. The summed E-state index contributed by atoms with van der Waals surface area (Å²) < 4.78 is 38.9. The van der Waals surface area contributed by atoms with Gasteiger partial charge >= 0.3 is 5.97 Å². The highest BCUT2D eigenvalue weighted by Crippen LogP contribution is 2.20. The Kier molecular flexibility index (Phi) is 7.24. The highest BCUT2D eigenvalue weighted by molar-refractivity contribution is 7.89. The van der Waals surface area contributed by atoms with Gasteiger partial charge in [-0.25, -0.2) is 22.9 Å². The molecule has 1 amide bonds. The van der Waals surface area contributed by atoms with Crippen LogP contribution in [0.2, 0.25) is 0 Å². The number of nitrogens with zero attached hydrogens (tertiary/aromatic N) is 4. The number of hydrogen-bond acceptors (Lipinski definition) is 8. The SMILES string of the molecule is Cc1cc(C)n(-c2ccc(C(=O)OCC(=O)Nc3cccc(S(=O)(=O)N4CCOCC4)c3)cn2)n1. The number of benzene rings is 1. The first-order valence-electron chi connectivity index (χ1n) is 10.9. The van der Waals surface area contributed by atoms with Gasteiger partial charge in [-0.2, -0.15) is 9.40 Å². The molecule has 0 aliphatic carbocycles. The molecule has 0 bridgehead atoms. The molecule has 1 saturated heterocycles. The van der Waals surface area contributed by atoms with Crippen LogP contribution in [0.15, 0.2) is 53.6 Å². The smallest absolute Gasteiger partial charge is 0.340 e. The van der Waals surface area contributed by atoms with Crippen molar-refractivity contribution >= 4 is 27.6 Å². The molecule has 1 aliphatic rings. The molecule has 3 aromatic rings. The second-order valence-electron chi connectivity index (χ2n) is 7.91. The van der Waals surface area contributed by atoms with Crippen LogP contribution in [0.25, 0.3) is 5.82 Å². The molecule has 184 valence electrons. The number of ether oxygens (including phenoxy) is 2. The van der Waals surface area contributed by atoms with Gasteiger partial charge in [-0.3, -0.25) is 4.79 Å². The van der Waals surface area contributed by atoms with E-state index >= 15 is 0 Å². The number of pyridine rings is 1. The van der Waals surface area contributed by atoms with Crippen molar-refractivity contribution < 1.29 is 27.5 Å². The summed E-state index contributed by atoms with van der Waals surface area (Å²) in [6.07, 6.45) is 1.35. The van der Waals surface area contributed by atoms with Gasteiger partial charge < -0.3 is 14.8 Å². The minimum atomic E-state index is -3.70. The zero-order valence-electron chi connectivity index (χ0n) is 19.3. The number of rotatable bonds is 7. The van der Waals surface area contributed by atoms with E-state index in [1.165, 1.54) is 28.7 Å². The first-order chi connectivity index (χ1) is 16.7. The quantitative estimate of drug-likeness (QED) is 0.486. The molecule has 3 heterocycles. The number of esters is 1. The number of aryl methyl sites for hydroxylation is 2. The van der Waals surface area contributed by atoms with E-state index in [0.717, 1.165) is 11.4 Å². The Bertz CT molecular complexity index is 1330. The average molecular weight is 500 g/mol. The number of sulfonamides is 1. The lowest BCUT2D eigenvalue weighted by Gasteiger charge is -2.26. The molecular formula is C23H25N5O6S. The van der Waals surface area contributed by atoms with E-state index in [2.05, 4.69) is 15.4 Å². The van der Waals surface area contributed by atoms with Crippen LogP contribution in [0.5, 0.6) is 0 Å². The third-order valence-corrected chi connectivity index (χ3v) is 7.16. The van der Waals surface area contributed by atoms with Gasteiger partial charge in [0, 0.05) is 30.7 Å². The lowest BCUT2D eigenvalue weighted by molar-refractivity contribution is -0.119.